The minimum atomic E-state index is 0.176. The van der Waals surface area contributed by atoms with E-state index in [1.54, 1.807) is 6.92 Å². The van der Waals surface area contributed by atoms with Crippen molar-refractivity contribution in [3.05, 3.63) is 35.5 Å². The summed E-state index contributed by atoms with van der Waals surface area (Å²) in [4.78, 5) is 13.8. The van der Waals surface area contributed by atoms with Gasteiger partial charge in [-0.25, -0.2) is 0 Å². The number of amides is 1. The first-order chi connectivity index (χ1) is 9.65. The van der Waals surface area contributed by atoms with Crippen molar-refractivity contribution < 1.29 is 4.79 Å². The minimum absolute atomic E-state index is 0.176. The van der Waals surface area contributed by atoms with E-state index < -0.39 is 0 Å². The second-order valence-corrected chi connectivity index (χ2v) is 5.67. The number of para-hydroxylation sites is 1. The molecule has 0 aliphatic carbocycles. The maximum Gasteiger partial charge on any atom is 0.220 e. The lowest BCUT2D eigenvalue weighted by Gasteiger charge is -2.34. The van der Waals surface area contributed by atoms with Gasteiger partial charge in [-0.2, -0.15) is 0 Å². The number of carbonyl (C=O) groups is 1. The van der Waals surface area contributed by atoms with Crippen molar-refractivity contribution >= 4 is 16.8 Å². The van der Waals surface area contributed by atoms with Crippen molar-refractivity contribution in [2.75, 3.05) is 6.54 Å². The lowest BCUT2D eigenvalue weighted by Crippen LogP contribution is -2.38. The summed E-state index contributed by atoms with van der Waals surface area (Å²) in [7, 11) is 0. The Hall–Kier alpha value is -1.77. The Morgan fingerprint density at radius 2 is 2.10 bits per heavy atom. The first-order valence-electron chi connectivity index (χ1n) is 7.52. The summed E-state index contributed by atoms with van der Waals surface area (Å²) in [6, 6.07) is 8.81. The first kappa shape index (κ1) is 13.2. The second-order valence-electron chi connectivity index (χ2n) is 5.67. The van der Waals surface area contributed by atoms with Gasteiger partial charge >= 0.3 is 0 Å². The number of fused-ring (bicyclic) bond motifs is 3. The van der Waals surface area contributed by atoms with E-state index in [1.165, 1.54) is 22.2 Å². The van der Waals surface area contributed by atoms with E-state index in [4.69, 9.17) is 0 Å². The maximum absolute atomic E-state index is 11.8. The topological polar surface area (TPSA) is 25.2 Å². The van der Waals surface area contributed by atoms with Crippen LogP contribution in [0.25, 0.3) is 10.9 Å². The summed E-state index contributed by atoms with van der Waals surface area (Å²) in [6.45, 7) is 7.89. The van der Waals surface area contributed by atoms with Crippen molar-refractivity contribution in [1.82, 2.24) is 9.47 Å². The highest BCUT2D eigenvalue weighted by Crippen LogP contribution is 2.37. The van der Waals surface area contributed by atoms with Crippen LogP contribution in [-0.2, 0) is 17.8 Å². The average Bonchev–Trinajstić information content (AvgIpc) is 2.75. The van der Waals surface area contributed by atoms with Gasteiger partial charge in [0.05, 0.1) is 6.04 Å². The summed E-state index contributed by atoms with van der Waals surface area (Å²) >= 11 is 0. The number of rotatable bonds is 2. The molecule has 1 aromatic heterocycles. The van der Waals surface area contributed by atoms with E-state index in [1.807, 2.05) is 4.90 Å². The van der Waals surface area contributed by atoms with Crippen LogP contribution < -0.4 is 0 Å². The zero-order valence-electron chi connectivity index (χ0n) is 12.5. The summed E-state index contributed by atoms with van der Waals surface area (Å²) in [5.74, 6) is 0.177. The zero-order chi connectivity index (χ0) is 14.3. The zero-order valence-corrected chi connectivity index (χ0v) is 12.5. The first-order valence-corrected chi connectivity index (χ1v) is 7.52. The van der Waals surface area contributed by atoms with E-state index in [0.717, 1.165) is 25.9 Å². The fraction of sp³-hybridized carbons (Fsp3) is 0.471. The molecule has 0 N–H and O–H groups in total. The number of nitrogens with zero attached hydrogens (tertiary/aromatic N) is 2. The SMILES string of the molecule is CCCn1c2c(c3ccccc31)CCN(C(C)=O)C2C. The molecule has 1 aliphatic rings. The molecule has 0 spiro atoms. The highest BCUT2D eigenvalue weighted by molar-refractivity contribution is 5.87. The van der Waals surface area contributed by atoms with Gasteiger partial charge in [-0.1, -0.05) is 25.1 Å². The number of carbonyl (C=O) groups excluding carboxylic acids is 1. The molecule has 3 nitrogen and oxygen atoms in total. The molecule has 0 radical (unpaired) electrons. The lowest BCUT2D eigenvalue weighted by molar-refractivity contribution is -0.131. The molecular formula is C17H22N2O. The highest BCUT2D eigenvalue weighted by atomic mass is 16.2. The van der Waals surface area contributed by atoms with Crippen LogP contribution >= 0.6 is 0 Å². The van der Waals surface area contributed by atoms with Crippen LogP contribution in [0.1, 0.15) is 44.5 Å². The predicted molar refractivity (Wildman–Crippen MR) is 81.7 cm³/mol. The highest BCUT2D eigenvalue weighted by Gasteiger charge is 2.30. The third kappa shape index (κ3) is 1.84. The number of aromatic nitrogens is 1. The van der Waals surface area contributed by atoms with Gasteiger partial charge in [-0.05, 0) is 31.4 Å². The van der Waals surface area contributed by atoms with Gasteiger partial charge in [0.15, 0.2) is 0 Å². The monoisotopic (exact) mass is 270 g/mol. The van der Waals surface area contributed by atoms with Gasteiger partial charge in [-0.15, -0.1) is 0 Å². The average molecular weight is 270 g/mol. The van der Waals surface area contributed by atoms with Crippen molar-refractivity contribution in [3.8, 4) is 0 Å². The van der Waals surface area contributed by atoms with Crippen molar-refractivity contribution in [2.45, 2.75) is 46.2 Å². The maximum atomic E-state index is 11.8. The van der Waals surface area contributed by atoms with E-state index in [-0.39, 0.29) is 11.9 Å². The van der Waals surface area contributed by atoms with Gasteiger partial charge in [0.2, 0.25) is 5.91 Å². The van der Waals surface area contributed by atoms with Crippen molar-refractivity contribution in [3.63, 3.8) is 0 Å². The minimum Gasteiger partial charge on any atom is -0.342 e. The van der Waals surface area contributed by atoms with Crippen LogP contribution in [0.15, 0.2) is 24.3 Å². The molecule has 0 saturated heterocycles. The normalized spacial score (nSPS) is 18.4. The quantitative estimate of drug-likeness (QED) is 0.819. The lowest BCUT2D eigenvalue weighted by atomic mass is 9.98. The Morgan fingerprint density at radius 3 is 2.80 bits per heavy atom. The second kappa shape index (κ2) is 4.97. The number of aryl methyl sites for hydroxylation is 1. The fourth-order valence-corrected chi connectivity index (χ4v) is 3.60. The molecule has 20 heavy (non-hydrogen) atoms. The largest absolute Gasteiger partial charge is 0.342 e. The molecule has 2 heterocycles. The molecule has 1 atom stereocenters. The van der Waals surface area contributed by atoms with Crippen molar-refractivity contribution in [2.24, 2.45) is 0 Å². The third-order valence-corrected chi connectivity index (χ3v) is 4.44. The predicted octanol–water partition coefficient (Wildman–Crippen LogP) is 3.52. The standard InChI is InChI=1S/C17H22N2O/c1-4-10-19-16-8-6-5-7-14(16)15-9-11-18(13(3)20)12(2)17(15)19/h5-8,12H,4,9-11H2,1-3H3. The van der Waals surface area contributed by atoms with Crippen LogP contribution in [0.5, 0.6) is 0 Å². The van der Waals surface area contributed by atoms with E-state index in [0.29, 0.717) is 0 Å². The van der Waals surface area contributed by atoms with Crippen LogP contribution in [0, 0.1) is 0 Å². The van der Waals surface area contributed by atoms with Crippen molar-refractivity contribution in [1.29, 1.82) is 0 Å². The van der Waals surface area contributed by atoms with E-state index in [9.17, 15) is 4.79 Å². The van der Waals surface area contributed by atoms with Gasteiger partial charge in [0.25, 0.3) is 0 Å². The van der Waals surface area contributed by atoms with E-state index in [2.05, 4.69) is 42.7 Å². The molecule has 2 aromatic rings. The number of hydrogen-bond acceptors (Lipinski definition) is 1. The Labute approximate surface area is 120 Å². The summed E-state index contributed by atoms with van der Waals surface area (Å²) in [5.41, 5.74) is 4.10. The molecule has 0 saturated carbocycles. The molecule has 1 amide bonds. The molecule has 3 rings (SSSR count). The Balaban J connectivity index is 2.23. The summed E-state index contributed by atoms with van der Waals surface area (Å²) in [5, 5.41) is 1.37. The summed E-state index contributed by atoms with van der Waals surface area (Å²) in [6.07, 6.45) is 2.08. The molecule has 1 unspecified atom stereocenters. The van der Waals surface area contributed by atoms with Gasteiger partial charge in [0.1, 0.15) is 0 Å². The Bertz CT molecular complexity index is 656. The summed E-state index contributed by atoms with van der Waals surface area (Å²) < 4.78 is 2.42. The van der Waals surface area contributed by atoms with Crippen LogP contribution in [0.3, 0.4) is 0 Å². The molecule has 0 bridgehead atoms. The number of benzene rings is 1. The van der Waals surface area contributed by atoms with Gasteiger partial charge in [-0.3, -0.25) is 4.79 Å². The van der Waals surface area contributed by atoms with E-state index >= 15 is 0 Å². The Kier molecular flexibility index (Phi) is 3.28. The smallest absolute Gasteiger partial charge is 0.220 e. The molecule has 3 heteroatoms. The van der Waals surface area contributed by atoms with Crippen LogP contribution in [-0.4, -0.2) is 21.9 Å². The number of hydrogen-bond donors (Lipinski definition) is 0. The molecule has 1 aliphatic heterocycles. The van der Waals surface area contributed by atoms with Crippen LogP contribution in [0.2, 0.25) is 0 Å². The molecule has 106 valence electrons. The Morgan fingerprint density at radius 1 is 1.35 bits per heavy atom. The fourth-order valence-electron chi connectivity index (χ4n) is 3.60. The third-order valence-electron chi connectivity index (χ3n) is 4.44. The molecular weight excluding hydrogens is 248 g/mol. The van der Waals surface area contributed by atoms with Gasteiger partial charge in [0, 0.05) is 36.6 Å². The van der Waals surface area contributed by atoms with Crippen LogP contribution in [0.4, 0.5) is 0 Å². The van der Waals surface area contributed by atoms with Gasteiger partial charge < -0.3 is 9.47 Å². The molecule has 0 fully saturated rings. The molecule has 1 aromatic carbocycles.